The van der Waals surface area contributed by atoms with Crippen LogP contribution in [0, 0.1) is 11.6 Å². The Morgan fingerprint density at radius 3 is 2.68 bits per heavy atom. The summed E-state index contributed by atoms with van der Waals surface area (Å²) in [5.74, 6) is -3.96. The van der Waals surface area contributed by atoms with Crippen molar-refractivity contribution in [3.05, 3.63) is 46.1 Å². The third-order valence-corrected chi connectivity index (χ3v) is 3.41. The van der Waals surface area contributed by atoms with Crippen molar-refractivity contribution in [2.75, 3.05) is 6.61 Å². The number of hydrogen-bond donors (Lipinski definition) is 1. The lowest BCUT2D eigenvalue weighted by molar-refractivity contribution is -0.138. The topological polar surface area (TPSA) is 55.4 Å². The van der Waals surface area contributed by atoms with E-state index in [1.165, 1.54) is 6.20 Å². The maximum atomic E-state index is 13.9. The highest BCUT2D eigenvalue weighted by atomic mass is 35.5. The van der Waals surface area contributed by atoms with E-state index in [0.29, 0.717) is 0 Å². The fraction of sp³-hybridized carbons (Fsp3) is 0.333. The zero-order valence-corrected chi connectivity index (χ0v) is 12.5. The fourth-order valence-corrected chi connectivity index (χ4v) is 1.89. The first kappa shape index (κ1) is 16.4. The monoisotopic (exact) mass is 329 g/mol. The summed E-state index contributed by atoms with van der Waals surface area (Å²) in [7, 11) is 0. The summed E-state index contributed by atoms with van der Waals surface area (Å²) < 4.78 is 31.9. The lowest BCUT2D eigenvalue weighted by Gasteiger charge is -2.09. The third kappa shape index (κ3) is 3.62. The van der Waals surface area contributed by atoms with Crippen LogP contribution in [-0.2, 0) is 9.53 Å². The smallest absolute Gasteiger partial charge is 0.343 e. The lowest BCUT2D eigenvalue weighted by atomic mass is 10.0. The van der Waals surface area contributed by atoms with Gasteiger partial charge in [0.2, 0.25) is 5.78 Å². The van der Waals surface area contributed by atoms with Crippen molar-refractivity contribution in [3.8, 4) is 0 Å². The van der Waals surface area contributed by atoms with Gasteiger partial charge in [-0.25, -0.2) is 13.6 Å². The van der Waals surface area contributed by atoms with Crippen LogP contribution in [0.25, 0.3) is 0 Å². The van der Waals surface area contributed by atoms with Crippen molar-refractivity contribution in [2.45, 2.75) is 25.8 Å². The molecule has 0 radical (unpaired) electrons. The second-order valence-electron chi connectivity index (χ2n) is 4.77. The first-order valence-corrected chi connectivity index (χ1v) is 7.15. The molecular weight excluding hydrogens is 316 g/mol. The standard InChI is InChI=1S/C15H14ClF2NO3/c1-2-22-15(21)10(7-19-8-3-4-8)14(20)9-5-6-11(17)12(16)13(9)18/h5-8,19H,2-4H2,1H3. The van der Waals surface area contributed by atoms with Crippen molar-refractivity contribution < 1.29 is 23.1 Å². The normalized spacial score (nSPS) is 14.6. The molecule has 0 aliphatic heterocycles. The maximum absolute atomic E-state index is 13.9. The van der Waals surface area contributed by atoms with Gasteiger partial charge in [0, 0.05) is 12.2 Å². The van der Waals surface area contributed by atoms with Crippen LogP contribution >= 0.6 is 11.6 Å². The Morgan fingerprint density at radius 1 is 1.41 bits per heavy atom. The minimum absolute atomic E-state index is 0.0690. The van der Waals surface area contributed by atoms with Gasteiger partial charge in [0.05, 0.1) is 12.2 Å². The molecule has 1 aromatic rings. The van der Waals surface area contributed by atoms with E-state index < -0.39 is 34.0 Å². The number of hydrogen-bond acceptors (Lipinski definition) is 4. The molecule has 118 valence electrons. The van der Waals surface area contributed by atoms with E-state index in [1.54, 1.807) is 6.92 Å². The van der Waals surface area contributed by atoms with Gasteiger partial charge in [-0.15, -0.1) is 0 Å². The van der Waals surface area contributed by atoms with Gasteiger partial charge in [-0.1, -0.05) is 11.6 Å². The Hall–Kier alpha value is -1.95. The van der Waals surface area contributed by atoms with Crippen molar-refractivity contribution >= 4 is 23.4 Å². The summed E-state index contributed by atoms with van der Waals surface area (Å²) >= 11 is 5.46. The first-order valence-electron chi connectivity index (χ1n) is 6.77. The quantitative estimate of drug-likeness (QED) is 0.218. The molecule has 0 atom stereocenters. The highest BCUT2D eigenvalue weighted by Gasteiger charge is 2.27. The number of ether oxygens (including phenoxy) is 1. The maximum Gasteiger partial charge on any atom is 0.343 e. The van der Waals surface area contributed by atoms with Crippen LogP contribution in [0.3, 0.4) is 0 Å². The van der Waals surface area contributed by atoms with Gasteiger partial charge >= 0.3 is 5.97 Å². The summed E-state index contributed by atoms with van der Waals surface area (Å²) in [5.41, 5.74) is -0.835. The van der Waals surface area contributed by atoms with Gasteiger partial charge in [0.15, 0.2) is 5.82 Å². The summed E-state index contributed by atoms with van der Waals surface area (Å²) in [6.45, 7) is 1.66. The number of ketones is 1. The van der Waals surface area contributed by atoms with Gasteiger partial charge in [-0.3, -0.25) is 4.79 Å². The Bertz CT molecular complexity index is 642. The molecule has 0 bridgehead atoms. The number of nitrogens with one attached hydrogen (secondary N) is 1. The number of rotatable bonds is 6. The molecule has 4 nitrogen and oxygen atoms in total. The molecule has 1 N–H and O–H groups in total. The molecule has 1 aliphatic rings. The Balaban J connectivity index is 2.34. The van der Waals surface area contributed by atoms with Gasteiger partial charge in [-0.2, -0.15) is 0 Å². The molecule has 0 aromatic heterocycles. The summed E-state index contributed by atoms with van der Waals surface area (Å²) in [4.78, 5) is 24.2. The first-order chi connectivity index (χ1) is 10.5. The van der Waals surface area contributed by atoms with E-state index in [0.717, 1.165) is 25.0 Å². The Labute approximate surface area is 131 Å². The molecule has 0 heterocycles. The van der Waals surface area contributed by atoms with Crippen LogP contribution in [0.15, 0.2) is 23.9 Å². The number of esters is 1. The van der Waals surface area contributed by atoms with E-state index in [9.17, 15) is 18.4 Å². The Kier molecular flexibility index (Phi) is 5.13. The Morgan fingerprint density at radius 2 is 2.09 bits per heavy atom. The highest BCUT2D eigenvalue weighted by Crippen LogP contribution is 2.24. The van der Waals surface area contributed by atoms with Gasteiger partial charge in [0.1, 0.15) is 16.4 Å². The minimum Gasteiger partial charge on any atom is -0.462 e. The minimum atomic E-state index is -1.20. The summed E-state index contributed by atoms with van der Waals surface area (Å²) in [6.07, 6.45) is 3.07. The van der Waals surface area contributed by atoms with E-state index >= 15 is 0 Å². The predicted octanol–water partition coefficient (Wildman–Crippen LogP) is 3.00. The van der Waals surface area contributed by atoms with Crippen LogP contribution in [0.4, 0.5) is 8.78 Å². The average molecular weight is 330 g/mol. The molecule has 1 fully saturated rings. The second kappa shape index (κ2) is 6.87. The van der Waals surface area contributed by atoms with Gasteiger partial charge in [-0.05, 0) is 31.9 Å². The molecule has 1 saturated carbocycles. The van der Waals surface area contributed by atoms with Crippen molar-refractivity contribution in [1.29, 1.82) is 0 Å². The van der Waals surface area contributed by atoms with E-state index in [1.807, 2.05) is 0 Å². The number of carbonyl (C=O) groups excluding carboxylic acids is 2. The van der Waals surface area contributed by atoms with E-state index in [4.69, 9.17) is 16.3 Å². The fourth-order valence-electron chi connectivity index (χ4n) is 1.72. The van der Waals surface area contributed by atoms with Crippen LogP contribution in [0.5, 0.6) is 0 Å². The molecule has 1 aromatic carbocycles. The third-order valence-electron chi connectivity index (χ3n) is 3.06. The van der Waals surface area contributed by atoms with Crippen molar-refractivity contribution in [1.82, 2.24) is 5.32 Å². The predicted molar refractivity (Wildman–Crippen MR) is 76.6 cm³/mol. The molecule has 7 heteroatoms. The molecule has 2 rings (SSSR count). The van der Waals surface area contributed by atoms with Crippen molar-refractivity contribution in [3.63, 3.8) is 0 Å². The zero-order valence-electron chi connectivity index (χ0n) is 11.8. The zero-order chi connectivity index (χ0) is 16.3. The number of halogens is 3. The summed E-state index contributed by atoms with van der Waals surface area (Å²) in [6, 6.07) is 2.01. The van der Waals surface area contributed by atoms with E-state index in [2.05, 4.69) is 5.32 Å². The molecule has 0 spiro atoms. The lowest BCUT2D eigenvalue weighted by Crippen LogP contribution is -2.21. The molecule has 0 amide bonds. The SMILES string of the molecule is CCOC(=O)C(=CNC1CC1)C(=O)c1ccc(F)c(Cl)c1F. The van der Waals surface area contributed by atoms with Gasteiger partial charge < -0.3 is 10.1 Å². The second-order valence-corrected chi connectivity index (χ2v) is 5.15. The molecule has 0 saturated heterocycles. The average Bonchev–Trinajstić information content (AvgIpc) is 3.29. The van der Waals surface area contributed by atoms with E-state index in [-0.39, 0.29) is 18.2 Å². The number of Topliss-reactive ketones (excluding diaryl/α,β-unsaturated/α-hetero) is 1. The van der Waals surface area contributed by atoms with Crippen LogP contribution in [0.2, 0.25) is 5.02 Å². The molecule has 0 unspecified atom stereocenters. The largest absolute Gasteiger partial charge is 0.462 e. The number of carbonyl (C=O) groups is 2. The van der Waals surface area contributed by atoms with Crippen molar-refractivity contribution in [2.24, 2.45) is 0 Å². The number of benzene rings is 1. The van der Waals surface area contributed by atoms with Crippen LogP contribution < -0.4 is 5.32 Å². The highest BCUT2D eigenvalue weighted by molar-refractivity contribution is 6.32. The van der Waals surface area contributed by atoms with Crippen LogP contribution in [-0.4, -0.2) is 24.4 Å². The molecule has 1 aliphatic carbocycles. The molecular formula is C15H14ClF2NO3. The van der Waals surface area contributed by atoms with Crippen LogP contribution in [0.1, 0.15) is 30.1 Å². The summed E-state index contributed by atoms with van der Waals surface area (Å²) in [5, 5.41) is 2.09. The van der Waals surface area contributed by atoms with Gasteiger partial charge in [0.25, 0.3) is 0 Å². The molecule has 22 heavy (non-hydrogen) atoms.